The van der Waals surface area contributed by atoms with Gasteiger partial charge < -0.3 is 15.2 Å². The second-order valence-electron chi connectivity index (χ2n) is 5.03. The van der Waals surface area contributed by atoms with Gasteiger partial charge in [0.2, 0.25) is 5.91 Å². The van der Waals surface area contributed by atoms with Crippen molar-refractivity contribution in [2.45, 2.75) is 38.6 Å². The quantitative estimate of drug-likeness (QED) is 0.737. The van der Waals surface area contributed by atoms with Crippen LogP contribution in [0.3, 0.4) is 0 Å². The topological polar surface area (TPSA) is 75.6 Å². The third kappa shape index (κ3) is 4.74. The van der Waals surface area contributed by atoms with E-state index in [4.69, 9.17) is 9.84 Å². The molecular weight excluding hydrogens is 338 g/mol. The molecule has 0 aliphatic carbocycles. The first-order valence-corrected chi connectivity index (χ1v) is 7.78. The highest BCUT2D eigenvalue weighted by Gasteiger charge is 2.17. The fourth-order valence-electron chi connectivity index (χ4n) is 2.32. The molecule has 0 bridgehead atoms. The number of rotatable bonds is 7. The summed E-state index contributed by atoms with van der Waals surface area (Å²) in [5.74, 6) is -0.00579. The van der Waals surface area contributed by atoms with Crippen LogP contribution in [0.25, 0.3) is 0 Å². The number of aliphatic carboxylic acids is 1. The van der Waals surface area contributed by atoms with E-state index in [1.165, 1.54) is 0 Å². The number of carbonyl (C=O) groups is 2. The summed E-state index contributed by atoms with van der Waals surface area (Å²) < 4.78 is 6.59. The average molecular weight is 356 g/mol. The summed E-state index contributed by atoms with van der Waals surface area (Å²) in [5, 5.41) is 11.4. The van der Waals surface area contributed by atoms with Crippen LogP contribution in [0.15, 0.2) is 16.6 Å². The Hall–Kier alpha value is -1.56. The highest BCUT2D eigenvalue weighted by Crippen LogP contribution is 2.32. The molecule has 0 saturated carbocycles. The van der Waals surface area contributed by atoms with Crippen LogP contribution < -0.4 is 10.1 Å². The fraction of sp³-hybridized carbons (Fsp3) is 0.467. The molecular formula is C15H18BrNO4. The van der Waals surface area contributed by atoms with Gasteiger partial charge in [0.25, 0.3) is 0 Å². The number of carboxylic acid groups (broad SMARTS) is 1. The zero-order valence-electron chi connectivity index (χ0n) is 11.7. The molecule has 21 heavy (non-hydrogen) atoms. The van der Waals surface area contributed by atoms with Gasteiger partial charge in [-0.25, -0.2) is 0 Å². The van der Waals surface area contributed by atoms with Crippen molar-refractivity contribution in [1.82, 2.24) is 5.32 Å². The fourth-order valence-corrected chi connectivity index (χ4v) is 2.87. The van der Waals surface area contributed by atoms with Crippen molar-refractivity contribution in [2.75, 3.05) is 6.61 Å². The van der Waals surface area contributed by atoms with E-state index in [9.17, 15) is 9.59 Å². The summed E-state index contributed by atoms with van der Waals surface area (Å²) >= 11 is 3.46. The zero-order valence-corrected chi connectivity index (χ0v) is 13.2. The molecule has 1 aromatic rings. The van der Waals surface area contributed by atoms with Crippen molar-refractivity contribution in [3.8, 4) is 5.75 Å². The SMILES string of the molecule is O=C(O)CCCCC(=O)NCc1cc(Br)cc2c1OCC2. The molecule has 0 spiro atoms. The number of unbranched alkanes of at least 4 members (excludes halogenated alkanes) is 1. The molecule has 0 radical (unpaired) electrons. The van der Waals surface area contributed by atoms with Gasteiger partial charge in [-0.1, -0.05) is 15.9 Å². The second kappa shape index (κ2) is 7.45. The number of hydrogen-bond donors (Lipinski definition) is 2. The lowest BCUT2D eigenvalue weighted by molar-refractivity contribution is -0.137. The number of ether oxygens (including phenoxy) is 1. The molecule has 1 aliphatic heterocycles. The lowest BCUT2D eigenvalue weighted by atomic mass is 10.1. The lowest BCUT2D eigenvalue weighted by Gasteiger charge is -2.10. The number of carbonyl (C=O) groups excluding carboxylic acids is 1. The van der Waals surface area contributed by atoms with Crippen molar-refractivity contribution >= 4 is 27.8 Å². The minimum atomic E-state index is -0.822. The van der Waals surface area contributed by atoms with Crippen LogP contribution in [-0.4, -0.2) is 23.6 Å². The Bertz CT molecular complexity index is 545. The second-order valence-corrected chi connectivity index (χ2v) is 5.94. The van der Waals surface area contributed by atoms with E-state index >= 15 is 0 Å². The van der Waals surface area contributed by atoms with E-state index in [1.807, 2.05) is 12.1 Å². The van der Waals surface area contributed by atoms with E-state index in [0.29, 0.717) is 32.4 Å². The molecule has 0 fully saturated rings. The Morgan fingerprint density at radius 1 is 1.29 bits per heavy atom. The molecule has 5 nitrogen and oxygen atoms in total. The van der Waals surface area contributed by atoms with Crippen molar-refractivity contribution in [2.24, 2.45) is 0 Å². The van der Waals surface area contributed by atoms with Gasteiger partial charge in [-0.3, -0.25) is 9.59 Å². The van der Waals surface area contributed by atoms with Gasteiger partial charge in [0.1, 0.15) is 5.75 Å². The molecule has 1 aliphatic rings. The van der Waals surface area contributed by atoms with Gasteiger partial charge >= 0.3 is 5.97 Å². The van der Waals surface area contributed by atoms with Crippen LogP contribution in [0.5, 0.6) is 5.75 Å². The van der Waals surface area contributed by atoms with Gasteiger partial charge in [0.05, 0.1) is 6.61 Å². The van der Waals surface area contributed by atoms with E-state index in [0.717, 1.165) is 27.8 Å². The van der Waals surface area contributed by atoms with Crippen LogP contribution in [0.4, 0.5) is 0 Å². The molecule has 0 saturated heterocycles. The Morgan fingerprint density at radius 2 is 2.05 bits per heavy atom. The molecule has 1 amide bonds. The number of halogens is 1. The van der Waals surface area contributed by atoms with Crippen LogP contribution in [0.1, 0.15) is 36.8 Å². The molecule has 1 heterocycles. The predicted molar refractivity (Wildman–Crippen MR) is 81.3 cm³/mol. The van der Waals surface area contributed by atoms with Gasteiger partial charge in [-0.05, 0) is 30.5 Å². The Kier molecular flexibility index (Phi) is 5.61. The first-order chi connectivity index (χ1) is 10.1. The van der Waals surface area contributed by atoms with Crippen molar-refractivity contribution in [3.05, 3.63) is 27.7 Å². The van der Waals surface area contributed by atoms with Crippen molar-refractivity contribution in [1.29, 1.82) is 0 Å². The molecule has 0 aromatic heterocycles. The van der Waals surface area contributed by atoms with Gasteiger partial charge in [0, 0.05) is 35.8 Å². The van der Waals surface area contributed by atoms with Gasteiger partial charge in [-0.2, -0.15) is 0 Å². The summed E-state index contributed by atoms with van der Waals surface area (Å²) in [6.07, 6.45) is 2.47. The Balaban J connectivity index is 1.81. The summed E-state index contributed by atoms with van der Waals surface area (Å²) in [7, 11) is 0. The van der Waals surface area contributed by atoms with Gasteiger partial charge in [-0.15, -0.1) is 0 Å². The molecule has 1 aromatic carbocycles. The zero-order chi connectivity index (χ0) is 15.2. The minimum absolute atomic E-state index is 0.0629. The minimum Gasteiger partial charge on any atom is -0.493 e. The number of nitrogens with one attached hydrogen (secondary N) is 1. The van der Waals surface area contributed by atoms with E-state index in [2.05, 4.69) is 21.2 Å². The Labute approximate surface area is 131 Å². The standard InChI is InChI=1S/C15H18BrNO4/c16-12-7-10-5-6-21-15(10)11(8-12)9-17-13(18)3-1-2-4-14(19)20/h7-8H,1-6,9H2,(H,17,18)(H,19,20). The summed E-state index contributed by atoms with van der Waals surface area (Å²) in [4.78, 5) is 22.1. The van der Waals surface area contributed by atoms with Gasteiger partial charge in [0.15, 0.2) is 0 Å². The molecule has 0 atom stereocenters. The average Bonchev–Trinajstić information content (AvgIpc) is 2.88. The third-order valence-corrected chi connectivity index (χ3v) is 3.80. The molecule has 0 unspecified atom stereocenters. The molecule has 6 heteroatoms. The van der Waals surface area contributed by atoms with E-state index < -0.39 is 5.97 Å². The van der Waals surface area contributed by atoms with E-state index in [-0.39, 0.29) is 12.3 Å². The smallest absolute Gasteiger partial charge is 0.303 e. The monoisotopic (exact) mass is 355 g/mol. The maximum Gasteiger partial charge on any atom is 0.303 e. The van der Waals surface area contributed by atoms with Crippen LogP contribution >= 0.6 is 15.9 Å². The third-order valence-electron chi connectivity index (χ3n) is 3.35. The highest BCUT2D eigenvalue weighted by molar-refractivity contribution is 9.10. The maximum atomic E-state index is 11.7. The maximum absolute atomic E-state index is 11.7. The van der Waals surface area contributed by atoms with Crippen molar-refractivity contribution < 1.29 is 19.4 Å². The first kappa shape index (κ1) is 15.8. The first-order valence-electron chi connectivity index (χ1n) is 6.99. The summed E-state index contributed by atoms with van der Waals surface area (Å²) in [6, 6.07) is 3.99. The molecule has 2 N–H and O–H groups in total. The predicted octanol–water partition coefficient (Wildman–Crippen LogP) is 2.65. The van der Waals surface area contributed by atoms with Crippen LogP contribution in [0.2, 0.25) is 0 Å². The molecule has 114 valence electrons. The lowest BCUT2D eigenvalue weighted by Crippen LogP contribution is -2.22. The molecule has 2 rings (SSSR count). The number of fused-ring (bicyclic) bond motifs is 1. The number of carboxylic acids is 1. The normalized spacial score (nSPS) is 12.6. The summed E-state index contributed by atoms with van der Waals surface area (Å²) in [6.45, 7) is 1.11. The van der Waals surface area contributed by atoms with Crippen molar-refractivity contribution in [3.63, 3.8) is 0 Å². The number of benzene rings is 1. The van der Waals surface area contributed by atoms with Crippen LogP contribution in [-0.2, 0) is 22.6 Å². The van der Waals surface area contributed by atoms with Crippen LogP contribution in [0, 0.1) is 0 Å². The number of amides is 1. The van der Waals surface area contributed by atoms with E-state index in [1.54, 1.807) is 0 Å². The largest absolute Gasteiger partial charge is 0.493 e. The highest BCUT2D eigenvalue weighted by atomic mass is 79.9. The summed E-state index contributed by atoms with van der Waals surface area (Å²) in [5.41, 5.74) is 2.13. The Morgan fingerprint density at radius 3 is 2.81 bits per heavy atom. The number of hydrogen-bond acceptors (Lipinski definition) is 3.